The summed E-state index contributed by atoms with van der Waals surface area (Å²) in [5.74, 6) is 0. The van der Waals surface area contributed by atoms with Gasteiger partial charge in [0.1, 0.15) is 11.3 Å². The first-order valence-electron chi connectivity index (χ1n) is 6.37. The molecule has 0 bridgehead atoms. The van der Waals surface area contributed by atoms with Crippen molar-refractivity contribution in [3.8, 4) is 0 Å². The molecule has 0 spiro atoms. The standard InChI is InChI=1S/C17H15NO/c1-3-4-11-18-16-12(2)9-10-14-13-7-5-6-8-15(13)19-17(14)16/h3-11H,1-2H3/b4-3-,18-11?. The SMILES string of the molecule is C/C=C\C=Nc1c(C)ccc2c1oc1ccccc12. The van der Waals surface area contributed by atoms with Crippen LogP contribution in [0.1, 0.15) is 12.5 Å². The van der Waals surface area contributed by atoms with Crippen molar-refractivity contribution < 1.29 is 4.42 Å². The topological polar surface area (TPSA) is 25.5 Å². The molecule has 2 heteroatoms. The van der Waals surface area contributed by atoms with Gasteiger partial charge in [-0.25, -0.2) is 0 Å². The summed E-state index contributed by atoms with van der Waals surface area (Å²) in [6, 6.07) is 12.3. The van der Waals surface area contributed by atoms with E-state index in [1.54, 1.807) is 6.21 Å². The minimum atomic E-state index is 0.863. The molecule has 0 fully saturated rings. The van der Waals surface area contributed by atoms with Gasteiger partial charge in [0.2, 0.25) is 0 Å². The van der Waals surface area contributed by atoms with Crippen LogP contribution >= 0.6 is 0 Å². The summed E-state index contributed by atoms with van der Waals surface area (Å²) in [5, 5.41) is 2.26. The normalized spacial score (nSPS) is 12.3. The average molecular weight is 249 g/mol. The molecule has 2 nitrogen and oxygen atoms in total. The Hall–Kier alpha value is -2.35. The van der Waals surface area contributed by atoms with Crippen molar-refractivity contribution in [2.24, 2.45) is 4.99 Å². The molecule has 3 rings (SSSR count). The lowest BCUT2D eigenvalue weighted by Gasteiger charge is -1.99. The molecule has 0 radical (unpaired) electrons. The fourth-order valence-corrected chi connectivity index (χ4v) is 2.24. The summed E-state index contributed by atoms with van der Waals surface area (Å²) in [6.07, 6.45) is 5.67. The van der Waals surface area contributed by atoms with Crippen LogP contribution in [0.25, 0.3) is 21.9 Å². The van der Waals surface area contributed by atoms with Gasteiger partial charge >= 0.3 is 0 Å². The van der Waals surface area contributed by atoms with E-state index in [0.717, 1.165) is 33.2 Å². The first-order chi connectivity index (χ1) is 9.31. The Labute approximate surface area is 112 Å². The number of benzene rings is 2. The number of hydrogen-bond acceptors (Lipinski definition) is 2. The van der Waals surface area contributed by atoms with Crippen LogP contribution in [0.4, 0.5) is 5.69 Å². The van der Waals surface area contributed by atoms with Crippen molar-refractivity contribution in [2.75, 3.05) is 0 Å². The van der Waals surface area contributed by atoms with E-state index in [1.165, 1.54) is 0 Å². The van der Waals surface area contributed by atoms with Gasteiger partial charge in [0.05, 0.1) is 0 Å². The van der Waals surface area contributed by atoms with Crippen LogP contribution in [0.3, 0.4) is 0 Å². The maximum atomic E-state index is 5.96. The molecule has 1 aromatic heterocycles. The fraction of sp³-hybridized carbons (Fsp3) is 0.118. The first kappa shape index (κ1) is 11.7. The number of hydrogen-bond donors (Lipinski definition) is 0. The van der Waals surface area contributed by atoms with Gasteiger partial charge in [0, 0.05) is 17.0 Å². The number of fused-ring (bicyclic) bond motifs is 3. The van der Waals surface area contributed by atoms with Gasteiger partial charge in [-0.2, -0.15) is 0 Å². The third kappa shape index (κ3) is 1.95. The van der Waals surface area contributed by atoms with E-state index in [1.807, 2.05) is 37.3 Å². The molecule has 0 N–H and O–H groups in total. The Morgan fingerprint density at radius 3 is 2.74 bits per heavy atom. The van der Waals surface area contributed by atoms with Crippen molar-refractivity contribution >= 4 is 33.8 Å². The second kappa shape index (κ2) is 4.73. The van der Waals surface area contributed by atoms with Gasteiger partial charge in [-0.3, -0.25) is 4.99 Å². The largest absolute Gasteiger partial charge is 0.454 e. The van der Waals surface area contributed by atoms with E-state index in [9.17, 15) is 0 Å². The molecule has 3 aromatic rings. The Bertz CT molecular complexity index is 793. The zero-order valence-electron chi connectivity index (χ0n) is 11.1. The molecule has 0 saturated carbocycles. The van der Waals surface area contributed by atoms with E-state index in [0.29, 0.717) is 0 Å². The fourth-order valence-electron chi connectivity index (χ4n) is 2.24. The first-order valence-corrected chi connectivity index (χ1v) is 6.37. The van der Waals surface area contributed by atoms with E-state index in [-0.39, 0.29) is 0 Å². The highest BCUT2D eigenvalue weighted by Crippen LogP contribution is 2.36. The number of nitrogens with zero attached hydrogens (tertiary/aromatic N) is 1. The van der Waals surface area contributed by atoms with E-state index in [2.05, 4.69) is 30.1 Å². The molecular weight excluding hydrogens is 234 g/mol. The maximum absolute atomic E-state index is 5.96. The molecule has 0 aliphatic heterocycles. The minimum Gasteiger partial charge on any atom is -0.454 e. The Morgan fingerprint density at radius 1 is 1.05 bits per heavy atom. The van der Waals surface area contributed by atoms with Crippen LogP contribution < -0.4 is 0 Å². The Morgan fingerprint density at radius 2 is 1.89 bits per heavy atom. The molecule has 0 unspecified atom stereocenters. The number of furan rings is 1. The lowest BCUT2D eigenvalue weighted by Crippen LogP contribution is -1.76. The van der Waals surface area contributed by atoms with Gasteiger partial charge in [-0.1, -0.05) is 36.4 Å². The number of allylic oxidation sites excluding steroid dienone is 2. The quantitative estimate of drug-likeness (QED) is 0.575. The Kier molecular flexibility index (Phi) is 2.92. The summed E-state index contributed by atoms with van der Waals surface area (Å²) in [6.45, 7) is 4.02. The van der Waals surface area contributed by atoms with Gasteiger partial charge in [-0.15, -0.1) is 0 Å². The van der Waals surface area contributed by atoms with Gasteiger partial charge < -0.3 is 4.42 Å². The third-order valence-electron chi connectivity index (χ3n) is 3.20. The van der Waals surface area contributed by atoms with E-state index in [4.69, 9.17) is 4.42 Å². The molecular formula is C17H15NO. The number of para-hydroxylation sites is 1. The second-order valence-corrected chi connectivity index (χ2v) is 4.51. The zero-order valence-corrected chi connectivity index (χ0v) is 11.1. The van der Waals surface area contributed by atoms with Crippen LogP contribution in [0.2, 0.25) is 0 Å². The summed E-state index contributed by atoms with van der Waals surface area (Å²) in [7, 11) is 0. The average Bonchev–Trinajstić information content (AvgIpc) is 2.80. The highest BCUT2D eigenvalue weighted by Gasteiger charge is 2.11. The molecule has 19 heavy (non-hydrogen) atoms. The molecule has 2 aromatic carbocycles. The minimum absolute atomic E-state index is 0.863. The number of aliphatic imine (C=N–C) groups is 1. The highest BCUT2D eigenvalue weighted by molar-refractivity contribution is 6.09. The molecule has 0 amide bonds. The summed E-state index contributed by atoms with van der Waals surface area (Å²) in [5.41, 5.74) is 3.80. The molecule has 0 saturated heterocycles. The van der Waals surface area contributed by atoms with Crippen molar-refractivity contribution in [1.29, 1.82) is 0 Å². The molecule has 0 aliphatic carbocycles. The van der Waals surface area contributed by atoms with Crippen molar-refractivity contribution in [3.63, 3.8) is 0 Å². The molecule has 0 aliphatic rings. The van der Waals surface area contributed by atoms with Crippen LogP contribution in [0, 0.1) is 6.92 Å². The maximum Gasteiger partial charge on any atom is 0.161 e. The van der Waals surface area contributed by atoms with Crippen molar-refractivity contribution in [2.45, 2.75) is 13.8 Å². The van der Waals surface area contributed by atoms with Crippen LogP contribution in [0.5, 0.6) is 0 Å². The van der Waals surface area contributed by atoms with Gasteiger partial charge in [-0.05, 0) is 31.6 Å². The van der Waals surface area contributed by atoms with Gasteiger partial charge in [0.15, 0.2) is 5.58 Å². The van der Waals surface area contributed by atoms with Crippen LogP contribution in [-0.2, 0) is 0 Å². The molecule has 0 atom stereocenters. The van der Waals surface area contributed by atoms with E-state index < -0.39 is 0 Å². The molecule has 94 valence electrons. The van der Waals surface area contributed by atoms with Crippen molar-refractivity contribution in [3.05, 3.63) is 54.1 Å². The third-order valence-corrected chi connectivity index (χ3v) is 3.20. The number of rotatable bonds is 2. The second-order valence-electron chi connectivity index (χ2n) is 4.51. The molecule has 1 heterocycles. The summed E-state index contributed by atoms with van der Waals surface area (Å²) < 4.78 is 5.96. The van der Waals surface area contributed by atoms with Gasteiger partial charge in [0.25, 0.3) is 0 Å². The predicted octanol–water partition coefficient (Wildman–Crippen LogP) is 5.17. The lowest BCUT2D eigenvalue weighted by atomic mass is 10.1. The lowest BCUT2D eigenvalue weighted by molar-refractivity contribution is 0.669. The van der Waals surface area contributed by atoms with Crippen molar-refractivity contribution in [1.82, 2.24) is 0 Å². The van der Waals surface area contributed by atoms with Crippen LogP contribution in [0.15, 0.2) is 58.0 Å². The zero-order chi connectivity index (χ0) is 13.2. The summed E-state index contributed by atoms with van der Waals surface area (Å²) >= 11 is 0. The monoisotopic (exact) mass is 249 g/mol. The Balaban J connectivity index is 2.33. The van der Waals surface area contributed by atoms with Crippen LogP contribution in [-0.4, -0.2) is 6.21 Å². The number of aryl methyl sites for hydroxylation is 1. The predicted molar refractivity (Wildman–Crippen MR) is 81.4 cm³/mol. The van der Waals surface area contributed by atoms with E-state index >= 15 is 0 Å². The highest BCUT2D eigenvalue weighted by atomic mass is 16.3. The summed E-state index contributed by atoms with van der Waals surface area (Å²) in [4.78, 5) is 4.51. The smallest absolute Gasteiger partial charge is 0.161 e.